The molecule has 1 aromatic rings. The van der Waals surface area contributed by atoms with Crippen molar-refractivity contribution in [3.63, 3.8) is 0 Å². The highest BCUT2D eigenvalue weighted by atomic mass is 19.1. The van der Waals surface area contributed by atoms with Gasteiger partial charge in [0.15, 0.2) is 0 Å². The van der Waals surface area contributed by atoms with E-state index in [-0.39, 0.29) is 24.1 Å². The molecule has 0 saturated heterocycles. The van der Waals surface area contributed by atoms with Crippen LogP contribution >= 0.6 is 0 Å². The maximum absolute atomic E-state index is 13.6. The third-order valence-corrected chi connectivity index (χ3v) is 3.54. The highest BCUT2D eigenvalue weighted by Gasteiger charge is 2.12. The molecular weight excluding hydrogens is 297 g/mol. The zero-order chi connectivity index (χ0) is 17.2. The Morgan fingerprint density at radius 1 is 1.13 bits per heavy atom. The zero-order valence-electron chi connectivity index (χ0n) is 14.1. The Hall–Kier alpha value is -1.95. The van der Waals surface area contributed by atoms with E-state index in [9.17, 15) is 14.0 Å². The number of rotatable bonds is 9. The van der Waals surface area contributed by atoms with E-state index in [1.165, 1.54) is 13.0 Å². The summed E-state index contributed by atoms with van der Waals surface area (Å²) in [6.45, 7) is 3.57. The summed E-state index contributed by atoms with van der Waals surface area (Å²) in [5, 5.41) is 2.81. The van der Waals surface area contributed by atoms with Gasteiger partial charge in [0.05, 0.1) is 0 Å². The number of likely N-dealkylation sites (N-methyl/N-ethyl adjacent to an activating group) is 1. The van der Waals surface area contributed by atoms with Crippen LogP contribution in [-0.4, -0.2) is 61.9 Å². The maximum atomic E-state index is 13.6. The number of carbonyl (C=O) groups is 2. The molecule has 0 radical (unpaired) electrons. The smallest absolute Gasteiger partial charge is 0.221 e. The van der Waals surface area contributed by atoms with Gasteiger partial charge >= 0.3 is 0 Å². The molecule has 1 aromatic carbocycles. The van der Waals surface area contributed by atoms with E-state index in [2.05, 4.69) is 5.32 Å². The number of carbonyl (C=O) groups excluding carboxylic acids is 2. The molecule has 0 saturated carbocycles. The van der Waals surface area contributed by atoms with Gasteiger partial charge in [0, 0.05) is 39.5 Å². The van der Waals surface area contributed by atoms with Crippen molar-refractivity contribution in [2.75, 3.05) is 40.3 Å². The van der Waals surface area contributed by atoms with Crippen molar-refractivity contribution in [3.05, 3.63) is 35.6 Å². The quantitative estimate of drug-likeness (QED) is 0.745. The molecule has 0 unspecified atom stereocenters. The lowest BCUT2D eigenvalue weighted by molar-refractivity contribution is -0.129. The molecule has 5 nitrogen and oxygen atoms in total. The molecule has 1 N–H and O–H groups in total. The van der Waals surface area contributed by atoms with Crippen LogP contribution in [-0.2, 0) is 16.0 Å². The average molecular weight is 323 g/mol. The van der Waals surface area contributed by atoms with Gasteiger partial charge in [-0.15, -0.1) is 0 Å². The monoisotopic (exact) mass is 323 g/mol. The topological polar surface area (TPSA) is 52.7 Å². The third kappa shape index (κ3) is 7.74. The summed E-state index contributed by atoms with van der Waals surface area (Å²) >= 11 is 0. The number of hydrogen-bond acceptors (Lipinski definition) is 3. The van der Waals surface area contributed by atoms with Gasteiger partial charge in [-0.05, 0) is 32.1 Å². The zero-order valence-corrected chi connectivity index (χ0v) is 14.1. The molecule has 0 atom stereocenters. The molecule has 23 heavy (non-hydrogen) atoms. The van der Waals surface area contributed by atoms with Crippen LogP contribution in [0, 0.1) is 5.82 Å². The lowest BCUT2D eigenvalue weighted by atomic mass is 10.1. The van der Waals surface area contributed by atoms with Crippen molar-refractivity contribution >= 4 is 11.8 Å². The molecule has 128 valence electrons. The van der Waals surface area contributed by atoms with Gasteiger partial charge < -0.3 is 15.1 Å². The molecule has 6 heteroatoms. The molecule has 0 bridgehead atoms. The van der Waals surface area contributed by atoms with Crippen LogP contribution in [0.15, 0.2) is 24.3 Å². The normalized spacial score (nSPS) is 10.7. The van der Waals surface area contributed by atoms with Gasteiger partial charge in [-0.2, -0.15) is 0 Å². The van der Waals surface area contributed by atoms with Crippen molar-refractivity contribution in [2.45, 2.75) is 19.8 Å². The highest BCUT2D eigenvalue weighted by molar-refractivity contribution is 5.78. The molecule has 0 heterocycles. The van der Waals surface area contributed by atoms with Crippen LogP contribution in [0.1, 0.15) is 18.9 Å². The second kappa shape index (κ2) is 9.94. The van der Waals surface area contributed by atoms with Crippen molar-refractivity contribution in [2.24, 2.45) is 0 Å². The van der Waals surface area contributed by atoms with Gasteiger partial charge in [0.2, 0.25) is 11.8 Å². The molecule has 2 amide bonds. The van der Waals surface area contributed by atoms with Crippen molar-refractivity contribution < 1.29 is 14.0 Å². The number of halogens is 1. The van der Waals surface area contributed by atoms with Crippen LogP contribution in [0.3, 0.4) is 0 Å². The molecular formula is C17H26FN3O2. The Bertz CT molecular complexity index is 520. The van der Waals surface area contributed by atoms with Crippen LogP contribution in [0.4, 0.5) is 4.39 Å². The molecule has 0 fully saturated rings. The van der Waals surface area contributed by atoms with Gasteiger partial charge in [-0.3, -0.25) is 9.59 Å². The first-order valence-electron chi connectivity index (χ1n) is 7.80. The Kier molecular flexibility index (Phi) is 8.26. The predicted octanol–water partition coefficient (Wildman–Crippen LogP) is 1.28. The van der Waals surface area contributed by atoms with E-state index in [1.807, 2.05) is 19.0 Å². The minimum Gasteiger partial charge on any atom is -0.355 e. The van der Waals surface area contributed by atoms with E-state index in [4.69, 9.17) is 0 Å². The van der Waals surface area contributed by atoms with E-state index < -0.39 is 0 Å². The van der Waals surface area contributed by atoms with Crippen molar-refractivity contribution in [3.8, 4) is 0 Å². The van der Waals surface area contributed by atoms with E-state index in [0.29, 0.717) is 31.6 Å². The lowest BCUT2D eigenvalue weighted by Crippen LogP contribution is -2.37. The fourth-order valence-electron chi connectivity index (χ4n) is 2.13. The molecule has 0 aromatic heterocycles. The summed E-state index contributed by atoms with van der Waals surface area (Å²) in [6.07, 6.45) is 0.693. The average Bonchev–Trinajstić information content (AvgIpc) is 2.48. The largest absolute Gasteiger partial charge is 0.355 e. The second-order valence-electron chi connectivity index (χ2n) is 5.75. The maximum Gasteiger partial charge on any atom is 0.221 e. The SMILES string of the molecule is CC(=O)N(CCC(=O)NCCN(C)C)CCc1ccccc1F. The van der Waals surface area contributed by atoms with Gasteiger partial charge in [0.1, 0.15) is 5.82 Å². The Morgan fingerprint density at radius 2 is 1.83 bits per heavy atom. The van der Waals surface area contributed by atoms with E-state index >= 15 is 0 Å². The first kappa shape index (κ1) is 19.1. The van der Waals surface area contributed by atoms with Crippen LogP contribution < -0.4 is 5.32 Å². The Morgan fingerprint density at radius 3 is 2.43 bits per heavy atom. The van der Waals surface area contributed by atoms with Crippen molar-refractivity contribution in [1.82, 2.24) is 15.1 Å². The Balaban J connectivity index is 2.39. The minimum absolute atomic E-state index is 0.0796. The first-order chi connectivity index (χ1) is 10.9. The predicted molar refractivity (Wildman–Crippen MR) is 88.5 cm³/mol. The van der Waals surface area contributed by atoms with Gasteiger partial charge in [0.25, 0.3) is 0 Å². The second-order valence-corrected chi connectivity index (χ2v) is 5.75. The number of hydrogen-bond donors (Lipinski definition) is 1. The summed E-state index contributed by atoms with van der Waals surface area (Å²) in [6, 6.07) is 6.53. The molecule has 0 aliphatic carbocycles. The first-order valence-corrected chi connectivity index (χ1v) is 7.80. The van der Waals surface area contributed by atoms with E-state index in [0.717, 1.165) is 6.54 Å². The lowest BCUT2D eigenvalue weighted by Gasteiger charge is -2.21. The molecule has 1 rings (SSSR count). The highest BCUT2D eigenvalue weighted by Crippen LogP contribution is 2.08. The summed E-state index contributed by atoms with van der Waals surface area (Å²) in [7, 11) is 3.87. The summed E-state index contributed by atoms with van der Waals surface area (Å²) < 4.78 is 13.6. The summed E-state index contributed by atoms with van der Waals surface area (Å²) in [4.78, 5) is 27.0. The van der Waals surface area contributed by atoms with Gasteiger partial charge in [-0.25, -0.2) is 4.39 Å². The number of nitrogens with zero attached hydrogens (tertiary/aromatic N) is 2. The number of benzene rings is 1. The number of nitrogens with one attached hydrogen (secondary N) is 1. The van der Waals surface area contributed by atoms with Crippen LogP contribution in [0.25, 0.3) is 0 Å². The standard InChI is InChI=1S/C17H26FN3O2/c1-14(22)21(11-8-15-6-4-5-7-16(15)18)12-9-17(23)19-10-13-20(2)3/h4-7H,8-13H2,1-3H3,(H,19,23). The summed E-state index contributed by atoms with van der Waals surface area (Å²) in [5.41, 5.74) is 0.578. The molecule has 0 aliphatic rings. The van der Waals surface area contributed by atoms with Crippen molar-refractivity contribution in [1.29, 1.82) is 0 Å². The summed E-state index contributed by atoms with van der Waals surface area (Å²) in [5.74, 6) is -0.455. The van der Waals surface area contributed by atoms with Crippen LogP contribution in [0.5, 0.6) is 0 Å². The minimum atomic E-state index is -0.266. The molecule has 0 spiro atoms. The molecule has 0 aliphatic heterocycles. The fraction of sp³-hybridized carbons (Fsp3) is 0.529. The van der Waals surface area contributed by atoms with Gasteiger partial charge in [-0.1, -0.05) is 18.2 Å². The fourth-order valence-corrected chi connectivity index (χ4v) is 2.13. The Labute approximate surface area is 137 Å². The van der Waals surface area contributed by atoms with E-state index in [1.54, 1.807) is 23.1 Å². The third-order valence-electron chi connectivity index (χ3n) is 3.54. The van der Waals surface area contributed by atoms with Crippen LogP contribution in [0.2, 0.25) is 0 Å². The number of amides is 2.